The fourth-order valence-electron chi connectivity index (χ4n) is 5.78. The van der Waals surface area contributed by atoms with Crippen LogP contribution < -0.4 is 10.9 Å². The SMILES string of the molecule is Cc1cc(C)c(CNC(=O)c2cc3cc(-c4ncc[nH]4)cn3c(C(C)N3CCN(CC(F)(F)F)CC3)c2C)c(=O)[nH]1. The van der Waals surface area contributed by atoms with Crippen LogP contribution in [-0.2, 0) is 6.54 Å². The smallest absolute Gasteiger partial charge is 0.348 e. The number of imidazole rings is 1. The minimum Gasteiger partial charge on any atom is -0.348 e. The molecule has 5 rings (SSSR count). The van der Waals surface area contributed by atoms with Crippen molar-refractivity contribution in [2.45, 2.75) is 46.5 Å². The average molecular weight is 570 g/mol. The summed E-state index contributed by atoms with van der Waals surface area (Å²) in [7, 11) is 0. The van der Waals surface area contributed by atoms with Gasteiger partial charge in [0.25, 0.3) is 11.5 Å². The summed E-state index contributed by atoms with van der Waals surface area (Å²) in [5.74, 6) is 0.374. The molecule has 0 radical (unpaired) electrons. The number of pyridine rings is 2. The van der Waals surface area contributed by atoms with Crippen LogP contribution in [0.1, 0.15) is 51.4 Å². The van der Waals surface area contributed by atoms with Crippen LogP contribution in [0, 0.1) is 20.8 Å². The number of piperazine rings is 1. The highest BCUT2D eigenvalue weighted by Gasteiger charge is 2.34. The molecule has 1 unspecified atom stereocenters. The van der Waals surface area contributed by atoms with Crippen molar-refractivity contribution in [1.82, 2.24) is 34.5 Å². The van der Waals surface area contributed by atoms with Crippen molar-refractivity contribution in [3.63, 3.8) is 0 Å². The minimum atomic E-state index is -4.23. The van der Waals surface area contributed by atoms with Crippen LogP contribution in [0.15, 0.2) is 41.6 Å². The van der Waals surface area contributed by atoms with Crippen molar-refractivity contribution >= 4 is 11.4 Å². The Kier molecular flexibility index (Phi) is 7.80. The molecule has 1 saturated heterocycles. The standard InChI is InChI=1S/C29H34F3N7O2/c1-17-11-18(2)36-28(41)24(17)14-35-27(40)23-13-22-12-21(26-33-5-6-34-26)15-39(22)25(19(23)3)20(4)38-9-7-37(8-10-38)16-29(30,31)32/h5-6,11-13,15,20H,7-10,14,16H2,1-4H3,(H,33,34)(H,35,40)(H,36,41). The Morgan fingerprint density at radius 1 is 1.12 bits per heavy atom. The van der Waals surface area contributed by atoms with Crippen LogP contribution in [0.3, 0.4) is 0 Å². The van der Waals surface area contributed by atoms with Crippen molar-refractivity contribution in [1.29, 1.82) is 0 Å². The van der Waals surface area contributed by atoms with Gasteiger partial charge in [-0.1, -0.05) is 0 Å². The zero-order valence-corrected chi connectivity index (χ0v) is 23.5. The predicted molar refractivity (Wildman–Crippen MR) is 150 cm³/mol. The quantitative estimate of drug-likeness (QED) is 0.311. The van der Waals surface area contributed by atoms with Gasteiger partial charge in [-0.3, -0.25) is 19.4 Å². The van der Waals surface area contributed by atoms with E-state index in [1.165, 1.54) is 4.90 Å². The molecule has 5 heterocycles. The van der Waals surface area contributed by atoms with Crippen LogP contribution in [0.25, 0.3) is 16.9 Å². The van der Waals surface area contributed by atoms with E-state index in [1.54, 1.807) is 12.4 Å². The molecular weight excluding hydrogens is 535 g/mol. The highest BCUT2D eigenvalue weighted by atomic mass is 19.4. The Hall–Kier alpha value is -3.90. The molecular formula is C29H34F3N7O2. The number of H-pyrrole nitrogens is 2. The third-order valence-electron chi connectivity index (χ3n) is 7.88. The van der Waals surface area contributed by atoms with Gasteiger partial charge in [-0.2, -0.15) is 13.2 Å². The number of aromatic nitrogens is 4. The van der Waals surface area contributed by atoms with Crippen molar-refractivity contribution in [2.75, 3.05) is 32.7 Å². The summed E-state index contributed by atoms with van der Waals surface area (Å²) in [6, 6.07) is 5.45. The van der Waals surface area contributed by atoms with Gasteiger partial charge >= 0.3 is 6.18 Å². The van der Waals surface area contributed by atoms with Crippen LogP contribution in [-0.4, -0.2) is 74.0 Å². The fourth-order valence-corrected chi connectivity index (χ4v) is 5.78. The number of halogens is 3. The molecule has 0 aromatic carbocycles. The molecule has 218 valence electrons. The lowest BCUT2D eigenvalue weighted by Gasteiger charge is -2.39. The van der Waals surface area contributed by atoms with Gasteiger partial charge in [-0.05, 0) is 57.0 Å². The van der Waals surface area contributed by atoms with Gasteiger partial charge in [0.2, 0.25) is 0 Å². The van der Waals surface area contributed by atoms with Gasteiger partial charge in [-0.25, -0.2) is 4.98 Å². The van der Waals surface area contributed by atoms with Gasteiger partial charge in [0.15, 0.2) is 0 Å². The molecule has 4 aromatic rings. The summed E-state index contributed by atoms with van der Waals surface area (Å²) in [5.41, 5.74) is 5.55. The summed E-state index contributed by atoms with van der Waals surface area (Å²) < 4.78 is 40.8. The lowest BCUT2D eigenvalue weighted by atomic mass is 10.00. The number of carbonyl (C=O) groups is 1. The number of hydrogen-bond acceptors (Lipinski definition) is 5. The molecule has 41 heavy (non-hydrogen) atoms. The monoisotopic (exact) mass is 569 g/mol. The number of rotatable bonds is 7. The number of amides is 1. The molecule has 1 aliphatic heterocycles. The summed E-state index contributed by atoms with van der Waals surface area (Å²) in [5, 5.41) is 2.92. The van der Waals surface area contributed by atoms with Crippen molar-refractivity contribution < 1.29 is 18.0 Å². The number of fused-ring (bicyclic) bond motifs is 1. The maximum Gasteiger partial charge on any atom is 0.401 e. The second-order valence-corrected chi connectivity index (χ2v) is 10.8. The molecule has 0 spiro atoms. The summed E-state index contributed by atoms with van der Waals surface area (Å²) in [4.78, 5) is 39.9. The Balaban J connectivity index is 1.48. The molecule has 3 N–H and O–H groups in total. The molecule has 4 aromatic heterocycles. The lowest BCUT2D eigenvalue weighted by molar-refractivity contribution is -0.149. The van der Waals surface area contributed by atoms with Crippen molar-refractivity contribution in [2.24, 2.45) is 0 Å². The van der Waals surface area contributed by atoms with Gasteiger partial charge in [0.05, 0.1) is 6.54 Å². The Bertz CT molecular complexity index is 1610. The molecule has 1 amide bonds. The summed E-state index contributed by atoms with van der Waals surface area (Å²) in [6.45, 7) is 8.26. The summed E-state index contributed by atoms with van der Waals surface area (Å²) in [6.07, 6.45) is 1.14. The molecule has 1 atom stereocenters. The molecule has 1 aliphatic rings. The maximum absolute atomic E-state index is 13.6. The van der Waals surface area contributed by atoms with Crippen molar-refractivity contribution in [3.05, 3.63) is 80.8 Å². The van der Waals surface area contributed by atoms with E-state index in [9.17, 15) is 22.8 Å². The van der Waals surface area contributed by atoms with Crippen LogP contribution in [0.5, 0.6) is 0 Å². The third-order valence-corrected chi connectivity index (χ3v) is 7.88. The molecule has 0 saturated carbocycles. The van der Waals surface area contributed by atoms with E-state index in [0.29, 0.717) is 43.1 Å². The maximum atomic E-state index is 13.6. The van der Waals surface area contributed by atoms with Gasteiger partial charge in [-0.15, -0.1) is 0 Å². The molecule has 0 aliphatic carbocycles. The highest BCUT2D eigenvalue weighted by Crippen LogP contribution is 2.32. The Morgan fingerprint density at radius 3 is 2.49 bits per heavy atom. The van der Waals surface area contributed by atoms with E-state index in [-0.39, 0.29) is 24.1 Å². The number of alkyl halides is 3. The Labute approximate surface area is 235 Å². The fraction of sp³-hybridized carbons (Fsp3) is 0.414. The second kappa shape index (κ2) is 11.2. The normalized spacial score (nSPS) is 15.9. The first-order valence-corrected chi connectivity index (χ1v) is 13.6. The van der Waals surface area contributed by atoms with E-state index in [0.717, 1.165) is 33.6 Å². The molecule has 0 bridgehead atoms. The summed E-state index contributed by atoms with van der Waals surface area (Å²) >= 11 is 0. The van der Waals surface area contributed by atoms with Crippen LogP contribution in [0.4, 0.5) is 13.2 Å². The van der Waals surface area contributed by atoms with Gasteiger partial charge in [0, 0.05) is 91.0 Å². The predicted octanol–water partition coefficient (Wildman–Crippen LogP) is 4.11. The minimum absolute atomic E-state index is 0.0790. The van der Waals surface area contributed by atoms with Gasteiger partial charge < -0.3 is 19.7 Å². The Morgan fingerprint density at radius 2 is 1.85 bits per heavy atom. The molecule has 9 nitrogen and oxygen atoms in total. The van der Waals surface area contributed by atoms with E-state index in [1.807, 2.05) is 56.5 Å². The average Bonchev–Trinajstić information content (AvgIpc) is 3.57. The first kappa shape index (κ1) is 28.6. The second-order valence-electron chi connectivity index (χ2n) is 10.8. The number of nitrogens with zero attached hydrogens (tertiary/aromatic N) is 4. The molecule has 1 fully saturated rings. The van der Waals surface area contributed by atoms with E-state index >= 15 is 0 Å². The first-order valence-electron chi connectivity index (χ1n) is 13.6. The zero-order chi connectivity index (χ0) is 29.5. The number of aryl methyl sites for hydroxylation is 2. The largest absolute Gasteiger partial charge is 0.401 e. The van der Waals surface area contributed by atoms with E-state index in [4.69, 9.17) is 0 Å². The number of nitrogens with one attached hydrogen (secondary N) is 3. The van der Waals surface area contributed by atoms with Gasteiger partial charge in [0.1, 0.15) is 5.82 Å². The first-order chi connectivity index (χ1) is 19.4. The molecule has 12 heteroatoms. The zero-order valence-electron chi connectivity index (χ0n) is 23.5. The number of hydrogen-bond donors (Lipinski definition) is 3. The van der Waals surface area contributed by atoms with Crippen molar-refractivity contribution in [3.8, 4) is 11.4 Å². The topological polar surface area (TPSA) is 102 Å². The van der Waals surface area contributed by atoms with E-state index in [2.05, 4.69) is 25.2 Å². The van der Waals surface area contributed by atoms with E-state index < -0.39 is 12.7 Å². The number of carbonyl (C=O) groups excluding carboxylic acids is 1. The lowest BCUT2D eigenvalue weighted by Crippen LogP contribution is -2.49. The van der Waals surface area contributed by atoms with Crippen LogP contribution >= 0.6 is 0 Å². The van der Waals surface area contributed by atoms with Crippen LogP contribution in [0.2, 0.25) is 0 Å². The third kappa shape index (κ3) is 6.08. The highest BCUT2D eigenvalue weighted by molar-refractivity contribution is 5.97. The number of aromatic amines is 2.